The average Bonchev–Trinajstić information content (AvgIpc) is 2.23. The van der Waals surface area contributed by atoms with Crippen LogP contribution in [-0.2, 0) is 9.53 Å². The van der Waals surface area contributed by atoms with Gasteiger partial charge in [-0.25, -0.2) is 0 Å². The predicted octanol–water partition coefficient (Wildman–Crippen LogP) is -1.20. The highest BCUT2D eigenvalue weighted by molar-refractivity contribution is 5.76. The summed E-state index contributed by atoms with van der Waals surface area (Å²) < 4.78 is 5.10. The van der Waals surface area contributed by atoms with Gasteiger partial charge in [-0.15, -0.1) is 0 Å². The lowest BCUT2D eigenvalue weighted by molar-refractivity contribution is -0.135. The number of aliphatic hydroxyl groups excluding tert-OH is 1. The lowest BCUT2D eigenvalue weighted by Crippen LogP contribution is -2.41. The lowest BCUT2D eigenvalue weighted by atomic mass is 10.3. The van der Waals surface area contributed by atoms with E-state index in [1.54, 1.807) is 4.90 Å². The number of amides is 1. The molecule has 1 fully saturated rings. The fourth-order valence-corrected chi connectivity index (χ4v) is 1.09. The second-order valence-electron chi connectivity index (χ2n) is 2.53. The number of hydrogen-bond donors (Lipinski definition) is 2. The van der Waals surface area contributed by atoms with Crippen molar-refractivity contribution in [1.29, 1.82) is 0 Å². The van der Waals surface area contributed by atoms with Gasteiger partial charge in [0.1, 0.15) is 0 Å². The first kappa shape index (κ1) is 12.3. The number of morpholine rings is 1. The molecule has 0 aromatic heterocycles. The van der Waals surface area contributed by atoms with E-state index < -0.39 is 0 Å². The van der Waals surface area contributed by atoms with Crippen LogP contribution in [0.1, 0.15) is 6.42 Å². The molecule has 1 aliphatic heterocycles. The summed E-state index contributed by atoms with van der Waals surface area (Å²) in [5.41, 5.74) is 5.26. The molecule has 3 N–H and O–H groups in total. The number of carbonyl (C=O) groups is 1. The maximum absolute atomic E-state index is 11.2. The quantitative estimate of drug-likeness (QED) is 0.573. The zero-order chi connectivity index (χ0) is 10.1. The zero-order valence-electron chi connectivity index (χ0n) is 8.03. The average molecular weight is 190 g/mol. The Balaban J connectivity index is 0.000000671. The smallest absolute Gasteiger partial charge is 0.223 e. The van der Waals surface area contributed by atoms with Gasteiger partial charge in [-0.2, -0.15) is 0 Å². The molecule has 1 rings (SSSR count). The van der Waals surface area contributed by atoms with Gasteiger partial charge in [0, 0.05) is 33.2 Å². The van der Waals surface area contributed by atoms with Crippen molar-refractivity contribution >= 4 is 5.91 Å². The van der Waals surface area contributed by atoms with Crippen molar-refractivity contribution in [2.24, 2.45) is 5.73 Å². The van der Waals surface area contributed by atoms with Gasteiger partial charge < -0.3 is 20.5 Å². The van der Waals surface area contributed by atoms with Gasteiger partial charge in [-0.05, 0) is 0 Å². The summed E-state index contributed by atoms with van der Waals surface area (Å²) in [6.07, 6.45) is 0.458. The number of nitrogens with zero attached hydrogens (tertiary/aromatic N) is 1. The number of carbonyl (C=O) groups excluding carboxylic acids is 1. The van der Waals surface area contributed by atoms with Gasteiger partial charge in [0.25, 0.3) is 0 Å². The number of aliphatic hydroxyl groups is 1. The molecule has 0 aromatic rings. The van der Waals surface area contributed by atoms with Gasteiger partial charge in [-0.1, -0.05) is 0 Å². The molecule has 13 heavy (non-hydrogen) atoms. The minimum atomic E-state index is 0.149. The van der Waals surface area contributed by atoms with E-state index in [4.69, 9.17) is 15.6 Å². The molecular formula is C8H18N2O3. The topological polar surface area (TPSA) is 75.8 Å². The van der Waals surface area contributed by atoms with Gasteiger partial charge in [0.05, 0.1) is 13.2 Å². The van der Waals surface area contributed by atoms with E-state index in [1.165, 1.54) is 0 Å². The molecule has 0 saturated carbocycles. The molecule has 1 saturated heterocycles. The third-order valence-corrected chi connectivity index (χ3v) is 1.72. The Morgan fingerprint density at radius 3 is 2.46 bits per heavy atom. The van der Waals surface area contributed by atoms with Crippen LogP contribution < -0.4 is 5.73 Å². The summed E-state index contributed by atoms with van der Waals surface area (Å²) in [6.45, 7) is 3.21. The van der Waals surface area contributed by atoms with E-state index in [-0.39, 0.29) is 5.91 Å². The van der Waals surface area contributed by atoms with E-state index in [0.717, 1.165) is 20.2 Å². The van der Waals surface area contributed by atoms with Gasteiger partial charge in [-0.3, -0.25) is 4.79 Å². The van der Waals surface area contributed by atoms with Crippen molar-refractivity contribution in [3.05, 3.63) is 0 Å². The number of ether oxygens (including phenoxy) is 1. The van der Waals surface area contributed by atoms with Gasteiger partial charge in [0.2, 0.25) is 5.91 Å². The van der Waals surface area contributed by atoms with Gasteiger partial charge >= 0.3 is 0 Å². The fraction of sp³-hybridized carbons (Fsp3) is 0.875. The van der Waals surface area contributed by atoms with Crippen molar-refractivity contribution in [2.45, 2.75) is 6.42 Å². The van der Waals surface area contributed by atoms with Crippen LogP contribution in [0.4, 0.5) is 0 Å². The van der Waals surface area contributed by atoms with Crippen LogP contribution in [0.5, 0.6) is 0 Å². The molecule has 0 unspecified atom stereocenters. The normalized spacial score (nSPS) is 16.1. The SMILES string of the molecule is CO.NCCC(=O)N1CCOCC1. The number of hydrogen-bond acceptors (Lipinski definition) is 4. The zero-order valence-corrected chi connectivity index (χ0v) is 8.03. The van der Waals surface area contributed by atoms with E-state index in [1.807, 2.05) is 0 Å². The Morgan fingerprint density at radius 1 is 1.46 bits per heavy atom. The molecule has 1 heterocycles. The predicted molar refractivity (Wildman–Crippen MR) is 49.2 cm³/mol. The molecule has 5 heteroatoms. The van der Waals surface area contributed by atoms with Gasteiger partial charge in [0.15, 0.2) is 0 Å². The first-order valence-electron chi connectivity index (χ1n) is 4.35. The molecule has 0 aliphatic carbocycles. The maximum atomic E-state index is 11.2. The van der Waals surface area contributed by atoms with Crippen LogP contribution in [0.15, 0.2) is 0 Å². The first-order valence-corrected chi connectivity index (χ1v) is 4.35. The summed E-state index contributed by atoms with van der Waals surface area (Å²) in [5, 5.41) is 7.00. The monoisotopic (exact) mass is 190 g/mol. The first-order chi connectivity index (χ1) is 6.34. The fourth-order valence-electron chi connectivity index (χ4n) is 1.09. The van der Waals surface area contributed by atoms with E-state index >= 15 is 0 Å². The van der Waals surface area contributed by atoms with Crippen molar-refractivity contribution < 1.29 is 14.6 Å². The van der Waals surface area contributed by atoms with Crippen LogP contribution in [0.2, 0.25) is 0 Å². The van der Waals surface area contributed by atoms with E-state index in [9.17, 15) is 4.79 Å². The molecule has 1 amide bonds. The Morgan fingerprint density at radius 2 is 2.00 bits per heavy atom. The third kappa shape index (κ3) is 4.82. The van der Waals surface area contributed by atoms with Crippen molar-refractivity contribution in [3.63, 3.8) is 0 Å². The molecule has 0 spiro atoms. The molecule has 0 aromatic carbocycles. The molecule has 0 bridgehead atoms. The van der Waals surface area contributed by atoms with E-state index in [0.29, 0.717) is 26.2 Å². The molecule has 1 aliphatic rings. The summed E-state index contributed by atoms with van der Waals surface area (Å²) >= 11 is 0. The Bertz CT molecular complexity index is 135. The van der Waals surface area contributed by atoms with Crippen LogP contribution in [-0.4, -0.2) is 55.9 Å². The van der Waals surface area contributed by atoms with Crippen LogP contribution in [0.3, 0.4) is 0 Å². The van der Waals surface area contributed by atoms with Crippen LogP contribution in [0, 0.1) is 0 Å². The minimum absolute atomic E-state index is 0.149. The molecule has 5 nitrogen and oxygen atoms in total. The van der Waals surface area contributed by atoms with Crippen LogP contribution >= 0.6 is 0 Å². The summed E-state index contributed by atoms with van der Waals surface area (Å²) in [7, 11) is 1.00. The van der Waals surface area contributed by atoms with Crippen LogP contribution in [0.25, 0.3) is 0 Å². The number of nitrogens with two attached hydrogens (primary N) is 1. The molecule has 0 radical (unpaired) electrons. The Hall–Kier alpha value is -0.650. The largest absolute Gasteiger partial charge is 0.400 e. The highest BCUT2D eigenvalue weighted by Gasteiger charge is 2.14. The highest BCUT2D eigenvalue weighted by Crippen LogP contribution is 1.98. The van der Waals surface area contributed by atoms with Crippen molar-refractivity contribution in [2.75, 3.05) is 40.0 Å². The Labute approximate surface area is 78.5 Å². The standard InChI is InChI=1S/C7H14N2O2.CH4O/c8-2-1-7(10)9-3-5-11-6-4-9;1-2/h1-6,8H2;2H,1H3. The summed E-state index contributed by atoms with van der Waals surface area (Å²) in [4.78, 5) is 13.0. The van der Waals surface area contributed by atoms with Crippen molar-refractivity contribution in [3.8, 4) is 0 Å². The highest BCUT2D eigenvalue weighted by atomic mass is 16.5. The molecule has 78 valence electrons. The maximum Gasteiger partial charge on any atom is 0.223 e. The summed E-state index contributed by atoms with van der Waals surface area (Å²) in [5.74, 6) is 0.149. The Kier molecular flexibility index (Phi) is 7.57. The molecule has 0 atom stereocenters. The minimum Gasteiger partial charge on any atom is -0.400 e. The van der Waals surface area contributed by atoms with Crippen molar-refractivity contribution in [1.82, 2.24) is 4.90 Å². The molecular weight excluding hydrogens is 172 g/mol. The second kappa shape index (κ2) is 7.97. The van der Waals surface area contributed by atoms with E-state index in [2.05, 4.69) is 0 Å². The second-order valence-corrected chi connectivity index (χ2v) is 2.53. The number of rotatable bonds is 2. The lowest BCUT2D eigenvalue weighted by Gasteiger charge is -2.26. The third-order valence-electron chi connectivity index (χ3n) is 1.72. The summed E-state index contributed by atoms with van der Waals surface area (Å²) in [6, 6.07) is 0.